The molecule has 1 atom stereocenters. The first-order valence-electron chi connectivity index (χ1n) is 8.12. The number of benzene rings is 2. The van der Waals surface area contributed by atoms with Crippen LogP contribution in [0, 0.1) is 25.5 Å². The zero-order chi connectivity index (χ0) is 18.6. The number of hydrogen-bond acceptors (Lipinski definition) is 2. The third-order valence-corrected chi connectivity index (χ3v) is 4.21. The van der Waals surface area contributed by atoms with Gasteiger partial charge in [0.15, 0.2) is 5.78 Å². The van der Waals surface area contributed by atoms with Crippen LogP contribution in [-0.4, -0.2) is 11.7 Å². The second-order valence-corrected chi connectivity index (χ2v) is 6.18. The SMILES string of the molecule is Cc1ccc(C(=O)CCC(=O)N[C@@H](C)c2ccc(F)cc2F)cc1C. The lowest BCUT2D eigenvalue weighted by atomic mass is 10.0. The first-order chi connectivity index (χ1) is 11.8. The number of hydrogen-bond donors (Lipinski definition) is 1. The molecule has 0 heterocycles. The van der Waals surface area contributed by atoms with Gasteiger partial charge in [0.2, 0.25) is 5.91 Å². The number of rotatable bonds is 6. The quantitative estimate of drug-likeness (QED) is 0.788. The Morgan fingerprint density at radius 3 is 2.36 bits per heavy atom. The van der Waals surface area contributed by atoms with Crippen LogP contribution >= 0.6 is 0 Å². The number of amides is 1. The van der Waals surface area contributed by atoms with Gasteiger partial charge in [0, 0.05) is 30.0 Å². The molecule has 0 aliphatic rings. The Labute approximate surface area is 146 Å². The number of carbonyl (C=O) groups is 2. The van der Waals surface area contributed by atoms with Crippen LogP contribution in [0.3, 0.4) is 0 Å². The van der Waals surface area contributed by atoms with Crippen molar-refractivity contribution in [1.82, 2.24) is 5.32 Å². The number of aryl methyl sites for hydroxylation is 2. The minimum atomic E-state index is -0.709. The summed E-state index contributed by atoms with van der Waals surface area (Å²) in [5.74, 6) is -1.84. The summed E-state index contributed by atoms with van der Waals surface area (Å²) < 4.78 is 26.6. The Bertz CT molecular complexity index is 802. The normalized spacial score (nSPS) is 11.9. The highest BCUT2D eigenvalue weighted by Gasteiger charge is 2.16. The van der Waals surface area contributed by atoms with E-state index in [9.17, 15) is 18.4 Å². The molecule has 2 rings (SSSR count). The molecule has 5 heteroatoms. The molecular formula is C20H21F2NO2. The molecule has 0 aliphatic carbocycles. The van der Waals surface area contributed by atoms with E-state index in [-0.39, 0.29) is 30.1 Å². The summed E-state index contributed by atoms with van der Waals surface area (Å²) >= 11 is 0. The summed E-state index contributed by atoms with van der Waals surface area (Å²) in [6.07, 6.45) is 0.0892. The summed E-state index contributed by atoms with van der Waals surface area (Å²) in [5, 5.41) is 2.63. The number of nitrogens with one attached hydrogen (secondary N) is 1. The molecule has 0 aliphatic heterocycles. The molecule has 132 valence electrons. The van der Waals surface area contributed by atoms with Crippen molar-refractivity contribution in [3.05, 3.63) is 70.3 Å². The number of ketones is 1. The molecule has 25 heavy (non-hydrogen) atoms. The Kier molecular flexibility index (Phi) is 6.02. The Balaban J connectivity index is 1.91. The van der Waals surface area contributed by atoms with Crippen molar-refractivity contribution in [3.63, 3.8) is 0 Å². The highest BCUT2D eigenvalue weighted by molar-refractivity contribution is 5.98. The predicted octanol–water partition coefficient (Wildman–Crippen LogP) is 4.42. The van der Waals surface area contributed by atoms with Gasteiger partial charge in [-0.25, -0.2) is 8.78 Å². The zero-order valence-electron chi connectivity index (χ0n) is 14.5. The van der Waals surface area contributed by atoms with E-state index in [4.69, 9.17) is 0 Å². The average Bonchev–Trinajstić information content (AvgIpc) is 2.55. The zero-order valence-corrected chi connectivity index (χ0v) is 14.5. The molecule has 2 aromatic carbocycles. The minimum absolute atomic E-state index is 0.0128. The summed E-state index contributed by atoms with van der Waals surface area (Å²) in [4.78, 5) is 24.2. The largest absolute Gasteiger partial charge is 0.349 e. The van der Waals surface area contributed by atoms with Gasteiger partial charge in [-0.2, -0.15) is 0 Å². The van der Waals surface area contributed by atoms with Crippen LogP contribution in [0.1, 0.15) is 52.9 Å². The van der Waals surface area contributed by atoms with Crippen molar-refractivity contribution in [2.75, 3.05) is 0 Å². The van der Waals surface area contributed by atoms with E-state index >= 15 is 0 Å². The van der Waals surface area contributed by atoms with Crippen LogP contribution in [0.25, 0.3) is 0 Å². The van der Waals surface area contributed by atoms with Crippen molar-refractivity contribution in [1.29, 1.82) is 0 Å². The third kappa shape index (κ3) is 4.95. The van der Waals surface area contributed by atoms with E-state index < -0.39 is 17.7 Å². The summed E-state index contributed by atoms with van der Waals surface area (Å²) in [6, 6.07) is 8.05. The topological polar surface area (TPSA) is 46.2 Å². The van der Waals surface area contributed by atoms with Crippen LogP contribution in [0.2, 0.25) is 0 Å². The molecule has 0 fully saturated rings. The van der Waals surface area contributed by atoms with Crippen LogP contribution in [-0.2, 0) is 4.79 Å². The van der Waals surface area contributed by atoms with E-state index in [0.717, 1.165) is 23.3 Å². The highest BCUT2D eigenvalue weighted by atomic mass is 19.1. The standard InChI is InChI=1S/C20H21F2NO2/c1-12-4-5-15(10-13(12)2)19(24)8-9-20(25)23-14(3)17-7-6-16(21)11-18(17)22/h4-7,10-11,14H,8-9H2,1-3H3,(H,23,25)/t14-/m0/s1. The summed E-state index contributed by atoms with van der Waals surface area (Å²) in [6.45, 7) is 5.50. The smallest absolute Gasteiger partial charge is 0.220 e. The number of Topliss-reactive ketones (excluding diaryl/α,β-unsaturated/α-hetero) is 1. The fourth-order valence-electron chi connectivity index (χ4n) is 2.53. The van der Waals surface area contributed by atoms with E-state index in [1.165, 1.54) is 6.07 Å². The van der Waals surface area contributed by atoms with Gasteiger partial charge >= 0.3 is 0 Å². The molecule has 0 radical (unpaired) electrons. The van der Waals surface area contributed by atoms with Crippen molar-refractivity contribution < 1.29 is 18.4 Å². The summed E-state index contributed by atoms with van der Waals surface area (Å²) in [5.41, 5.74) is 2.91. The second-order valence-electron chi connectivity index (χ2n) is 6.18. The van der Waals surface area contributed by atoms with E-state index in [1.54, 1.807) is 13.0 Å². The minimum Gasteiger partial charge on any atom is -0.349 e. The van der Waals surface area contributed by atoms with Crippen LogP contribution in [0.4, 0.5) is 8.78 Å². The van der Waals surface area contributed by atoms with E-state index in [0.29, 0.717) is 5.56 Å². The molecule has 2 aromatic rings. The number of halogens is 2. The molecular weight excluding hydrogens is 324 g/mol. The molecule has 0 spiro atoms. The van der Waals surface area contributed by atoms with Crippen LogP contribution in [0.5, 0.6) is 0 Å². The maximum absolute atomic E-state index is 13.7. The number of carbonyl (C=O) groups excluding carboxylic acids is 2. The fraction of sp³-hybridized carbons (Fsp3) is 0.300. The lowest BCUT2D eigenvalue weighted by molar-refractivity contribution is -0.121. The first-order valence-corrected chi connectivity index (χ1v) is 8.12. The Morgan fingerprint density at radius 2 is 1.72 bits per heavy atom. The van der Waals surface area contributed by atoms with E-state index in [1.807, 2.05) is 26.0 Å². The first kappa shape index (κ1) is 18.8. The van der Waals surface area contributed by atoms with Crippen molar-refractivity contribution >= 4 is 11.7 Å². The van der Waals surface area contributed by atoms with Gasteiger partial charge in [-0.15, -0.1) is 0 Å². The molecule has 1 N–H and O–H groups in total. The molecule has 0 saturated carbocycles. The Hall–Kier alpha value is -2.56. The monoisotopic (exact) mass is 345 g/mol. The maximum Gasteiger partial charge on any atom is 0.220 e. The lowest BCUT2D eigenvalue weighted by Gasteiger charge is -2.15. The molecule has 0 unspecified atom stereocenters. The van der Waals surface area contributed by atoms with Crippen LogP contribution in [0.15, 0.2) is 36.4 Å². The second kappa shape index (κ2) is 8.01. The van der Waals surface area contributed by atoms with Gasteiger partial charge in [-0.1, -0.05) is 18.2 Å². The van der Waals surface area contributed by atoms with Gasteiger partial charge < -0.3 is 5.32 Å². The lowest BCUT2D eigenvalue weighted by Crippen LogP contribution is -2.27. The Morgan fingerprint density at radius 1 is 1.00 bits per heavy atom. The van der Waals surface area contributed by atoms with Crippen LogP contribution < -0.4 is 5.32 Å². The molecule has 0 bridgehead atoms. The predicted molar refractivity (Wildman–Crippen MR) is 92.4 cm³/mol. The fourth-order valence-corrected chi connectivity index (χ4v) is 2.53. The van der Waals surface area contributed by atoms with Gasteiger partial charge in [-0.05, 0) is 44.0 Å². The highest BCUT2D eigenvalue weighted by Crippen LogP contribution is 2.18. The third-order valence-electron chi connectivity index (χ3n) is 4.21. The van der Waals surface area contributed by atoms with Crippen molar-refractivity contribution in [2.45, 2.75) is 39.7 Å². The van der Waals surface area contributed by atoms with Gasteiger partial charge in [-0.3, -0.25) is 9.59 Å². The van der Waals surface area contributed by atoms with E-state index in [2.05, 4.69) is 5.32 Å². The van der Waals surface area contributed by atoms with Gasteiger partial charge in [0.25, 0.3) is 0 Å². The van der Waals surface area contributed by atoms with Gasteiger partial charge in [0.1, 0.15) is 11.6 Å². The summed E-state index contributed by atoms with van der Waals surface area (Å²) in [7, 11) is 0. The van der Waals surface area contributed by atoms with Crippen molar-refractivity contribution in [3.8, 4) is 0 Å². The molecule has 0 aromatic heterocycles. The molecule has 3 nitrogen and oxygen atoms in total. The van der Waals surface area contributed by atoms with Crippen molar-refractivity contribution in [2.24, 2.45) is 0 Å². The maximum atomic E-state index is 13.7. The molecule has 0 saturated heterocycles. The van der Waals surface area contributed by atoms with Gasteiger partial charge in [0.05, 0.1) is 6.04 Å². The molecule has 1 amide bonds. The average molecular weight is 345 g/mol.